The van der Waals surface area contributed by atoms with Crippen molar-refractivity contribution in [1.29, 1.82) is 0 Å². The number of aromatic nitrogens is 4. The van der Waals surface area contributed by atoms with E-state index in [9.17, 15) is 9.59 Å². The number of carbonyl (C=O) groups is 2. The summed E-state index contributed by atoms with van der Waals surface area (Å²) in [6.45, 7) is 4.37. The lowest BCUT2D eigenvalue weighted by Crippen LogP contribution is -2.19. The molecule has 2 heterocycles. The first kappa shape index (κ1) is 21.2. The number of rotatable bonds is 8. The molecule has 0 fully saturated rings. The van der Waals surface area contributed by atoms with E-state index in [4.69, 9.17) is 20.5 Å². The highest BCUT2D eigenvalue weighted by Crippen LogP contribution is 1.97. The minimum atomic E-state index is -0.126. The summed E-state index contributed by atoms with van der Waals surface area (Å²) in [6.07, 6.45) is 1.17. The molecule has 26 heavy (non-hydrogen) atoms. The van der Waals surface area contributed by atoms with Crippen molar-refractivity contribution < 1.29 is 18.6 Å². The van der Waals surface area contributed by atoms with E-state index in [-0.39, 0.29) is 24.9 Å². The first-order valence-corrected chi connectivity index (χ1v) is 7.96. The molecule has 0 saturated carbocycles. The lowest BCUT2D eigenvalue weighted by Gasteiger charge is -1.93. The molecule has 2 rings (SSSR count). The van der Waals surface area contributed by atoms with Crippen LogP contribution in [-0.2, 0) is 35.5 Å². The van der Waals surface area contributed by atoms with Crippen LogP contribution in [0.3, 0.4) is 0 Å². The molecule has 12 nitrogen and oxygen atoms in total. The Bertz CT molecular complexity index is 626. The first-order valence-electron chi connectivity index (χ1n) is 7.96. The zero-order valence-corrected chi connectivity index (χ0v) is 14.8. The molecule has 0 saturated heterocycles. The SMILES string of the molecule is CC(=O)NCc1nc(CCN)no1.CC(=O)NCc1nc(CCN)no1. The van der Waals surface area contributed by atoms with Crippen LogP contribution >= 0.6 is 0 Å². The maximum atomic E-state index is 10.5. The van der Waals surface area contributed by atoms with Crippen molar-refractivity contribution in [3.05, 3.63) is 23.4 Å². The van der Waals surface area contributed by atoms with Gasteiger partial charge in [0.05, 0.1) is 13.1 Å². The highest BCUT2D eigenvalue weighted by molar-refractivity contribution is 5.72. The van der Waals surface area contributed by atoms with E-state index >= 15 is 0 Å². The summed E-state index contributed by atoms with van der Waals surface area (Å²) in [5, 5.41) is 12.4. The standard InChI is InChI=1S/2C7H12N4O2/c2*1-5(12)9-4-7-10-6(2-3-8)11-13-7/h2*2-4,8H2,1H3,(H,9,12). The van der Waals surface area contributed by atoms with Gasteiger partial charge >= 0.3 is 0 Å². The predicted octanol–water partition coefficient (Wildman–Crippen LogP) is -1.59. The van der Waals surface area contributed by atoms with Crippen LogP contribution < -0.4 is 22.1 Å². The summed E-state index contributed by atoms with van der Waals surface area (Å²) in [7, 11) is 0. The van der Waals surface area contributed by atoms with Gasteiger partial charge < -0.3 is 31.1 Å². The zero-order chi connectivity index (χ0) is 19.4. The lowest BCUT2D eigenvalue weighted by molar-refractivity contribution is -0.120. The average Bonchev–Trinajstić information content (AvgIpc) is 3.22. The number of carbonyl (C=O) groups excluding carboxylic acids is 2. The van der Waals surface area contributed by atoms with E-state index in [1.54, 1.807) is 0 Å². The third-order valence-electron chi connectivity index (χ3n) is 2.73. The number of hydrogen-bond acceptors (Lipinski definition) is 10. The van der Waals surface area contributed by atoms with Gasteiger partial charge in [-0.2, -0.15) is 9.97 Å². The summed E-state index contributed by atoms with van der Waals surface area (Å²) in [5.41, 5.74) is 10.6. The van der Waals surface area contributed by atoms with Gasteiger partial charge in [-0.1, -0.05) is 10.3 Å². The van der Waals surface area contributed by atoms with E-state index in [2.05, 4.69) is 30.9 Å². The molecule has 0 aromatic carbocycles. The fraction of sp³-hybridized carbons (Fsp3) is 0.571. The van der Waals surface area contributed by atoms with Crippen LogP contribution in [0.15, 0.2) is 9.05 Å². The number of nitrogens with one attached hydrogen (secondary N) is 2. The molecule has 0 bridgehead atoms. The molecule has 2 aromatic rings. The second-order valence-electron chi connectivity index (χ2n) is 5.11. The molecule has 2 amide bonds. The van der Waals surface area contributed by atoms with Gasteiger partial charge in [0.1, 0.15) is 0 Å². The minimum absolute atomic E-state index is 0.126. The second-order valence-corrected chi connectivity index (χ2v) is 5.11. The summed E-state index contributed by atoms with van der Waals surface area (Å²) >= 11 is 0. The van der Waals surface area contributed by atoms with E-state index in [0.717, 1.165) is 0 Å². The Morgan fingerprint density at radius 3 is 1.54 bits per heavy atom. The number of nitrogens with two attached hydrogens (primary N) is 2. The molecule has 0 aliphatic heterocycles. The summed E-state index contributed by atoms with van der Waals surface area (Å²) in [5.74, 6) is 1.69. The average molecular weight is 368 g/mol. The Labute approximate surface area is 150 Å². The molecule has 0 spiro atoms. The lowest BCUT2D eigenvalue weighted by atomic mass is 10.4. The molecule has 144 valence electrons. The quantitative estimate of drug-likeness (QED) is 0.423. The summed E-state index contributed by atoms with van der Waals surface area (Å²) in [4.78, 5) is 29.1. The highest BCUT2D eigenvalue weighted by Gasteiger charge is 2.05. The van der Waals surface area contributed by atoms with E-state index in [1.165, 1.54) is 13.8 Å². The van der Waals surface area contributed by atoms with Crippen molar-refractivity contribution in [3.8, 4) is 0 Å². The smallest absolute Gasteiger partial charge is 0.246 e. The third kappa shape index (κ3) is 8.84. The first-order chi connectivity index (χ1) is 12.4. The van der Waals surface area contributed by atoms with E-state index < -0.39 is 0 Å². The van der Waals surface area contributed by atoms with Gasteiger partial charge in [0.25, 0.3) is 0 Å². The van der Waals surface area contributed by atoms with Crippen molar-refractivity contribution in [2.75, 3.05) is 13.1 Å². The Hall–Kier alpha value is -2.86. The van der Waals surface area contributed by atoms with E-state index in [0.29, 0.717) is 49.4 Å². The molecule has 0 radical (unpaired) electrons. The van der Waals surface area contributed by atoms with Gasteiger partial charge in [-0.25, -0.2) is 0 Å². The molecular weight excluding hydrogens is 344 g/mol. The van der Waals surface area contributed by atoms with Gasteiger partial charge in [-0.15, -0.1) is 0 Å². The summed E-state index contributed by atoms with van der Waals surface area (Å²) in [6, 6.07) is 0. The molecule has 6 N–H and O–H groups in total. The highest BCUT2D eigenvalue weighted by atomic mass is 16.5. The van der Waals surface area contributed by atoms with Crippen LogP contribution in [0, 0.1) is 0 Å². The van der Waals surface area contributed by atoms with Crippen LogP contribution in [0.2, 0.25) is 0 Å². The normalized spacial score (nSPS) is 10.0. The number of nitrogens with zero attached hydrogens (tertiary/aromatic N) is 4. The molecule has 0 aliphatic rings. The van der Waals surface area contributed by atoms with Gasteiger partial charge in [-0.3, -0.25) is 9.59 Å². The maximum absolute atomic E-state index is 10.5. The van der Waals surface area contributed by atoms with Crippen LogP contribution in [0.4, 0.5) is 0 Å². The number of hydrogen-bond donors (Lipinski definition) is 4. The van der Waals surface area contributed by atoms with Crippen molar-refractivity contribution >= 4 is 11.8 Å². The minimum Gasteiger partial charge on any atom is -0.347 e. The Kier molecular flexibility index (Phi) is 9.49. The molecule has 12 heteroatoms. The predicted molar refractivity (Wildman–Crippen MR) is 89.2 cm³/mol. The molecule has 0 atom stereocenters. The van der Waals surface area contributed by atoms with Crippen molar-refractivity contribution in [2.45, 2.75) is 39.8 Å². The van der Waals surface area contributed by atoms with Crippen molar-refractivity contribution in [3.63, 3.8) is 0 Å². The van der Waals surface area contributed by atoms with Gasteiger partial charge in [0.15, 0.2) is 11.6 Å². The van der Waals surface area contributed by atoms with Gasteiger partial charge in [-0.05, 0) is 13.1 Å². The second kappa shape index (κ2) is 11.7. The van der Waals surface area contributed by atoms with Crippen molar-refractivity contribution in [2.24, 2.45) is 11.5 Å². The van der Waals surface area contributed by atoms with Crippen molar-refractivity contribution in [1.82, 2.24) is 30.9 Å². The van der Waals surface area contributed by atoms with Gasteiger partial charge in [0.2, 0.25) is 23.6 Å². The Balaban J connectivity index is 0.000000260. The molecular formula is C14H24N8O4. The number of amides is 2. The third-order valence-corrected chi connectivity index (χ3v) is 2.73. The van der Waals surface area contributed by atoms with Crippen LogP contribution in [0.1, 0.15) is 37.3 Å². The van der Waals surface area contributed by atoms with Crippen LogP contribution in [-0.4, -0.2) is 45.2 Å². The van der Waals surface area contributed by atoms with E-state index in [1.807, 2.05) is 0 Å². The molecule has 2 aromatic heterocycles. The zero-order valence-electron chi connectivity index (χ0n) is 14.8. The fourth-order valence-electron chi connectivity index (χ4n) is 1.59. The maximum Gasteiger partial charge on any atom is 0.246 e. The largest absolute Gasteiger partial charge is 0.347 e. The van der Waals surface area contributed by atoms with Crippen LogP contribution in [0.5, 0.6) is 0 Å². The topological polar surface area (TPSA) is 188 Å². The fourth-order valence-corrected chi connectivity index (χ4v) is 1.59. The van der Waals surface area contributed by atoms with Crippen LogP contribution in [0.25, 0.3) is 0 Å². The Morgan fingerprint density at radius 2 is 1.23 bits per heavy atom. The molecule has 0 aliphatic carbocycles. The monoisotopic (exact) mass is 368 g/mol. The Morgan fingerprint density at radius 1 is 0.846 bits per heavy atom. The summed E-state index contributed by atoms with van der Waals surface area (Å²) < 4.78 is 9.67. The van der Waals surface area contributed by atoms with Gasteiger partial charge in [0, 0.05) is 26.7 Å². The molecule has 0 unspecified atom stereocenters.